The third-order valence-corrected chi connectivity index (χ3v) is 8.03. The van der Waals surface area contributed by atoms with Crippen LogP contribution in [0.4, 0.5) is 10.8 Å². The van der Waals surface area contributed by atoms with E-state index in [-0.39, 0.29) is 16.9 Å². The van der Waals surface area contributed by atoms with Crippen molar-refractivity contribution in [1.29, 1.82) is 0 Å². The molecule has 0 bridgehead atoms. The van der Waals surface area contributed by atoms with Gasteiger partial charge in [-0.1, -0.05) is 12.1 Å². The first-order chi connectivity index (χ1) is 15.0. The Morgan fingerprint density at radius 2 is 2.00 bits per heavy atom. The van der Waals surface area contributed by atoms with Crippen molar-refractivity contribution in [3.05, 3.63) is 65.7 Å². The van der Waals surface area contributed by atoms with E-state index < -0.39 is 10.0 Å². The lowest BCUT2D eigenvalue weighted by Gasteiger charge is -2.13. The summed E-state index contributed by atoms with van der Waals surface area (Å²) < 4.78 is 33.0. The molecule has 0 spiro atoms. The Hall–Kier alpha value is -2.40. The van der Waals surface area contributed by atoms with Gasteiger partial charge in [0.05, 0.1) is 16.6 Å². The number of carbonyl (C=O) groups is 1. The highest BCUT2D eigenvalue weighted by Gasteiger charge is 2.19. The standard InChI is InChI=1S/C21H21N3O4S3/c25-20(18-5-1-2-6-19(18)30-14-16-4-3-12-28-16)23-15-7-9-17(10-8-15)31(26,27)24-21-22-11-13-29-21/h1-2,5-11,13,16H,3-4,12,14H2,(H,22,24)(H,23,25). The number of hydrogen-bond acceptors (Lipinski definition) is 7. The Morgan fingerprint density at radius 3 is 2.71 bits per heavy atom. The van der Waals surface area contributed by atoms with Crippen LogP contribution >= 0.6 is 23.1 Å². The molecule has 0 saturated carbocycles. The van der Waals surface area contributed by atoms with E-state index in [1.807, 2.05) is 18.2 Å². The van der Waals surface area contributed by atoms with Gasteiger partial charge in [-0.3, -0.25) is 9.52 Å². The van der Waals surface area contributed by atoms with Gasteiger partial charge >= 0.3 is 0 Å². The van der Waals surface area contributed by atoms with Crippen molar-refractivity contribution >= 4 is 49.8 Å². The molecule has 1 atom stereocenters. The first kappa shape index (κ1) is 21.8. The third-order valence-electron chi connectivity index (χ3n) is 4.66. The van der Waals surface area contributed by atoms with Crippen LogP contribution in [-0.4, -0.2) is 37.8 Å². The molecule has 1 unspecified atom stereocenters. The van der Waals surface area contributed by atoms with Crippen molar-refractivity contribution < 1.29 is 17.9 Å². The van der Waals surface area contributed by atoms with E-state index in [4.69, 9.17) is 4.74 Å². The fraction of sp³-hybridized carbons (Fsp3) is 0.238. The van der Waals surface area contributed by atoms with Crippen molar-refractivity contribution in [3.63, 3.8) is 0 Å². The molecule has 1 aliphatic heterocycles. The number of aromatic nitrogens is 1. The second kappa shape index (κ2) is 9.82. The van der Waals surface area contributed by atoms with Gasteiger partial charge in [0, 0.05) is 34.5 Å². The van der Waals surface area contributed by atoms with Crippen molar-refractivity contribution in [2.45, 2.75) is 28.7 Å². The number of nitrogens with one attached hydrogen (secondary N) is 2. The van der Waals surface area contributed by atoms with Crippen molar-refractivity contribution in [3.8, 4) is 0 Å². The Balaban J connectivity index is 1.42. The number of carbonyl (C=O) groups excluding carboxylic acids is 1. The van der Waals surface area contributed by atoms with Crippen LogP contribution in [0.25, 0.3) is 0 Å². The molecule has 10 heteroatoms. The second-order valence-corrected chi connectivity index (χ2v) is 10.5. The predicted molar refractivity (Wildman–Crippen MR) is 123 cm³/mol. The maximum atomic E-state index is 12.8. The zero-order valence-electron chi connectivity index (χ0n) is 16.5. The highest BCUT2D eigenvalue weighted by atomic mass is 32.2. The molecule has 0 aliphatic carbocycles. The van der Waals surface area contributed by atoms with Crippen LogP contribution in [0.3, 0.4) is 0 Å². The number of hydrogen-bond donors (Lipinski definition) is 2. The maximum absolute atomic E-state index is 12.8. The highest BCUT2D eigenvalue weighted by Crippen LogP contribution is 2.27. The SMILES string of the molecule is O=C(Nc1ccc(S(=O)(=O)Nc2nccs2)cc1)c1ccccc1SCC1CCCO1. The fourth-order valence-electron chi connectivity index (χ4n) is 3.10. The zero-order valence-corrected chi connectivity index (χ0v) is 18.9. The average molecular weight is 476 g/mol. The molecule has 1 fully saturated rings. The van der Waals surface area contributed by atoms with Gasteiger partial charge < -0.3 is 10.1 Å². The number of sulfonamides is 1. The number of anilines is 2. The average Bonchev–Trinajstić information content (AvgIpc) is 3.47. The number of thioether (sulfide) groups is 1. The molecule has 1 saturated heterocycles. The minimum Gasteiger partial charge on any atom is -0.377 e. The molecule has 7 nitrogen and oxygen atoms in total. The van der Waals surface area contributed by atoms with E-state index in [1.165, 1.54) is 29.7 Å². The molecule has 1 aromatic heterocycles. The van der Waals surface area contributed by atoms with E-state index in [1.54, 1.807) is 35.3 Å². The minimum absolute atomic E-state index is 0.0909. The van der Waals surface area contributed by atoms with E-state index in [9.17, 15) is 13.2 Å². The van der Waals surface area contributed by atoms with Crippen LogP contribution in [0, 0.1) is 0 Å². The lowest BCUT2D eigenvalue weighted by molar-refractivity contribution is 0.102. The quantitative estimate of drug-likeness (QED) is 0.467. The number of ether oxygens (including phenoxy) is 1. The van der Waals surface area contributed by atoms with E-state index in [0.29, 0.717) is 16.4 Å². The van der Waals surface area contributed by atoms with E-state index in [2.05, 4.69) is 15.0 Å². The molecule has 162 valence electrons. The summed E-state index contributed by atoms with van der Waals surface area (Å²) in [6, 6.07) is 13.5. The number of amides is 1. The number of nitrogens with zero attached hydrogens (tertiary/aromatic N) is 1. The monoisotopic (exact) mass is 475 g/mol. The molecule has 4 rings (SSSR count). The van der Waals surface area contributed by atoms with Crippen LogP contribution < -0.4 is 10.0 Å². The topological polar surface area (TPSA) is 97.4 Å². The summed E-state index contributed by atoms with van der Waals surface area (Å²) in [5.74, 6) is 0.565. The molecule has 2 heterocycles. The molecule has 0 radical (unpaired) electrons. The summed E-state index contributed by atoms with van der Waals surface area (Å²) in [7, 11) is -3.73. The van der Waals surface area contributed by atoms with Crippen LogP contribution in [-0.2, 0) is 14.8 Å². The Bertz CT molecular complexity index is 1130. The molecule has 3 aromatic rings. The van der Waals surface area contributed by atoms with Crippen LogP contribution in [0.2, 0.25) is 0 Å². The number of benzene rings is 2. The van der Waals surface area contributed by atoms with Gasteiger partial charge in [0.15, 0.2) is 5.13 Å². The molecule has 1 amide bonds. The second-order valence-electron chi connectivity index (χ2n) is 6.86. The van der Waals surface area contributed by atoms with Gasteiger partial charge in [-0.15, -0.1) is 23.1 Å². The molecule has 1 aliphatic rings. The summed E-state index contributed by atoms with van der Waals surface area (Å²) in [5, 5.41) is 4.83. The third kappa shape index (κ3) is 5.65. The lowest BCUT2D eigenvalue weighted by atomic mass is 10.2. The lowest BCUT2D eigenvalue weighted by Crippen LogP contribution is -2.15. The van der Waals surface area contributed by atoms with Crippen LogP contribution in [0.1, 0.15) is 23.2 Å². The molecular weight excluding hydrogens is 454 g/mol. The highest BCUT2D eigenvalue weighted by molar-refractivity contribution is 7.99. The molecule has 31 heavy (non-hydrogen) atoms. The summed E-state index contributed by atoms with van der Waals surface area (Å²) in [6.45, 7) is 0.804. The Morgan fingerprint density at radius 1 is 1.19 bits per heavy atom. The van der Waals surface area contributed by atoms with Crippen molar-refractivity contribution in [1.82, 2.24) is 4.98 Å². The molecule has 2 aromatic carbocycles. The number of rotatable bonds is 8. The molecule has 2 N–H and O–H groups in total. The summed E-state index contributed by atoms with van der Waals surface area (Å²) in [5.41, 5.74) is 1.09. The molecular formula is C21H21N3O4S3. The van der Waals surface area contributed by atoms with Gasteiger partial charge in [0.2, 0.25) is 0 Å². The summed E-state index contributed by atoms with van der Waals surface area (Å²) in [6.07, 6.45) is 3.89. The van der Waals surface area contributed by atoms with Gasteiger partial charge in [-0.25, -0.2) is 13.4 Å². The van der Waals surface area contributed by atoms with Crippen LogP contribution in [0.15, 0.2) is 69.9 Å². The van der Waals surface area contributed by atoms with E-state index in [0.717, 1.165) is 30.1 Å². The van der Waals surface area contributed by atoms with Crippen molar-refractivity contribution in [2.75, 3.05) is 22.4 Å². The number of thiazole rings is 1. The van der Waals surface area contributed by atoms with Gasteiger partial charge in [0.25, 0.3) is 15.9 Å². The first-order valence-corrected chi connectivity index (χ1v) is 13.0. The van der Waals surface area contributed by atoms with Crippen LogP contribution in [0.5, 0.6) is 0 Å². The fourth-order valence-corrected chi connectivity index (χ4v) is 6.01. The first-order valence-electron chi connectivity index (χ1n) is 9.68. The zero-order chi connectivity index (χ0) is 21.7. The van der Waals surface area contributed by atoms with Gasteiger partial charge in [-0.2, -0.15) is 0 Å². The normalized spacial score (nSPS) is 16.2. The summed E-state index contributed by atoms with van der Waals surface area (Å²) >= 11 is 2.81. The predicted octanol–water partition coefficient (Wildman–Crippen LogP) is 4.47. The van der Waals surface area contributed by atoms with Crippen molar-refractivity contribution in [2.24, 2.45) is 0 Å². The smallest absolute Gasteiger partial charge is 0.263 e. The Kier molecular flexibility index (Phi) is 6.91. The minimum atomic E-state index is -3.73. The van der Waals surface area contributed by atoms with E-state index >= 15 is 0 Å². The largest absolute Gasteiger partial charge is 0.377 e. The van der Waals surface area contributed by atoms with Gasteiger partial charge in [-0.05, 0) is 49.2 Å². The Labute approximate surface area is 189 Å². The van der Waals surface area contributed by atoms with Gasteiger partial charge in [0.1, 0.15) is 0 Å². The maximum Gasteiger partial charge on any atom is 0.263 e. The summed E-state index contributed by atoms with van der Waals surface area (Å²) in [4.78, 5) is 17.7.